The fraction of sp³-hybridized carbons (Fsp3) is 0.962. The van der Waals surface area contributed by atoms with E-state index in [9.17, 15) is 19.4 Å². The number of unbranched alkanes of at least 4 members (excludes halogenated alkanes) is 62. The molecule has 0 saturated heterocycles. The molecule has 8 nitrogen and oxygen atoms in total. The van der Waals surface area contributed by atoms with E-state index in [4.69, 9.17) is 9.05 Å². The number of nitrogens with zero attached hydrogens (tertiary/aromatic N) is 1. The van der Waals surface area contributed by atoms with E-state index in [0.29, 0.717) is 17.4 Å². The molecule has 0 rings (SSSR count). The third kappa shape index (κ3) is 72.5. The van der Waals surface area contributed by atoms with Crippen LogP contribution in [0.1, 0.15) is 431 Å². The van der Waals surface area contributed by atoms with Crippen molar-refractivity contribution >= 4 is 13.7 Å². The summed E-state index contributed by atoms with van der Waals surface area (Å²) < 4.78 is 23.5. The number of hydrogen-bond acceptors (Lipinski definition) is 6. The lowest BCUT2D eigenvalue weighted by Gasteiger charge is -2.29. The number of phosphoric acid groups is 1. The number of amides is 1. The third-order valence-corrected chi connectivity index (χ3v) is 19.7. The smallest absolute Gasteiger partial charge is 0.268 e. The van der Waals surface area contributed by atoms with E-state index >= 15 is 0 Å². The molecule has 520 valence electrons. The van der Waals surface area contributed by atoms with Crippen LogP contribution in [0.5, 0.6) is 0 Å². The van der Waals surface area contributed by atoms with E-state index in [1.54, 1.807) is 6.08 Å². The van der Waals surface area contributed by atoms with Crippen LogP contribution in [0.3, 0.4) is 0 Å². The van der Waals surface area contributed by atoms with Gasteiger partial charge in [-0.2, -0.15) is 0 Å². The van der Waals surface area contributed by atoms with Crippen molar-refractivity contribution in [3.05, 3.63) is 12.2 Å². The van der Waals surface area contributed by atoms with E-state index in [2.05, 4.69) is 19.2 Å². The van der Waals surface area contributed by atoms with Crippen molar-refractivity contribution < 1.29 is 32.9 Å². The number of aliphatic hydroxyl groups excluding tert-OH is 1. The quantitative estimate of drug-likeness (QED) is 0.0272. The maximum absolute atomic E-state index is 13.1. The van der Waals surface area contributed by atoms with Gasteiger partial charge < -0.3 is 28.8 Å². The Morgan fingerprint density at radius 3 is 0.862 bits per heavy atom. The molecule has 0 aliphatic carbocycles. The number of carbonyl (C=O) groups excluding carboxylic acids is 1. The molecular formula is C78H157N2O6P. The molecule has 0 aromatic heterocycles. The highest BCUT2D eigenvalue weighted by molar-refractivity contribution is 7.45. The van der Waals surface area contributed by atoms with E-state index < -0.39 is 20.0 Å². The monoisotopic (exact) mass is 1250 g/mol. The zero-order chi connectivity index (χ0) is 63.4. The van der Waals surface area contributed by atoms with Crippen molar-refractivity contribution in [3.63, 3.8) is 0 Å². The fourth-order valence-corrected chi connectivity index (χ4v) is 13.4. The lowest BCUT2D eigenvalue weighted by molar-refractivity contribution is -0.870. The number of nitrogens with one attached hydrogen (secondary N) is 1. The minimum absolute atomic E-state index is 0.00313. The Balaban J connectivity index is 3.91. The molecular weight excluding hydrogens is 1090 g/mol. The maximum Gasteiger partial charge on any atom is 0.268 e. The summed E-state index contributed by atoms with van der Waals surface area (Å²) >= 11 is 0. The summed E-state index contributed by atoms with van der Waals surface area (Å²) in [5.41, 5.74) is 0. The van der Waals surface area contributed by atoms with Crippen LogP contribution < -0.4 is 10.2 Å². The van der Waals surface area contributed by atoms with E-state index in [1.165, 1.54) is 372 Å². The SMILES string of the molecule is CCCCCCCCCCCCCCCCCCCCCCCCCCC/C=C/C(O)C(COP(=O)([O-])OCC[N+](C)(C)C)NC(=O)CCCCCCCCCCCCCCCCCCCCCCCCCCCCCCCCCCCCCCCC. The number of carbonyl (C=O) groups is 1. The molecule has 0 aliphatic rings. The van der Waals surface area contributed by atoms with Crippen LogP contribution in [-0.4, -0.2) is 68.5 Å². The first-order valence-electron chi connectivity index (χ1n) is 39.6. The first-order chi connectivity index (χ1) is 42.5. The average Bonchev–Trinajstić information content (AvgIpc) is 3.71. The molecule has 0 aliphatic heterocycles. The Hall–Kier alpha value is -0.760. The molecule has 0 aromatic rings. The summed E-state index contributed by atoms with van der Waals surface area (Å²) in [6, 6.07) is -0.884. The maximum atomic E-state index is 13.1. The second kappa shape index (κ2) is 69.6. The number of hydrogen-bond donors (Lipinski definition) is 2. The summed E-state index contributed by atoms with van der Waals surface area (Å²) in [5.74, 6) is -0.186. The van der Waals surface area contributed by atoms with Crippen LogP contribution in [0.25, 0.3) is 0 Å². The molecule has 0 fully saturated rings. The summed E-state index contributed by atoms with van der Waals surface area (Å²) in [6.07, 6.45) is 91.0. The number of quaternary nitrogens is 1. The van der Waals surface area contributed by atoms with Crippen molar-refractivity contribution in [2.24, 2.45) is 0 Å². The van der Waals surface area contributed by atoms with Gasteiger partial charge >= 0.3 is 0 Å². The van der Waals surface area contributed by atoms with Gasteiger partial charge in [0.15, 0.2) is 0 Å². The van der Waals surface area contributed by atoms with E-state index in [0.717, 1.165) is 38.5 Å². The Labute approximate surface area is 545 Å². The zero-order valence-corrected chi connectivity index (χ0v) is 60.7. The van der Waals surface area contributed by atoms with Gasteiger partial charge in [0.2, 0.25) is 5.91 Å². The second-order valence-electron chi connectivity index (χ2n) is 28.8. The summed E-state index contributed by atoms with van der Waals surface area (Å²) in [6.45, 7) is 4.73. The number of likely N-dealkylation sites (N-methyl/N-ethyl adjacent to an activating group) is 1. The summed E-state index contributed by atoms with van der Waals surface area (Å²) in [4.78, 5) is 25.7. The molecule has 0 spiro atoms. The minimum Gasteiger partial charge on any atom is -0.756 e. The summed E-state index contributed by atoms with van der Waals surface area (Å²) in [7, 11) is 1.29. The highest BCUT2D eigenvalue weighted by Gasteiger charge is 2.23. The topological polar surface area (TPSA) is 108 Å². The van der Waals surface area contributed by atoms with Crippen LogP contribution >= 0.6 is 7.82 Å². The van der Waals surface area contributed by atoms with E-state index in [-0.39, 0.29) is 19.1 Å². The van der Waals surface area contributed by atoms with Gasteiger partial charge in [-0.05, 0) is 19.3 Å². The molecule has 9 heteroatoms. The van der Waals surface area contributed by atoms with Crippen molar-refractivity contribution in [3.8, 4) is 0 Å². The van der Waals surface area contributed by atoms with Gasteiger partial charge in [-0.1, -0.05) is 418 Å². The molecule has 3 atom stereocenters. The zero-order valence-electron chi connectivity index (χ0n) is 59.8. The second-order valence-corrected chi connectivity index (χ2v) is 30.2. The van der Waals surface area contributed by atoms with Gasteiger partial charge in [-0.25, -0.2) is 0 Å². The van der Waals surface area contributed by atoms with Gasteiger partial charge in [0.25, 0.3) is 7.82 Å². The number of rotatable bonds is 75. The molecule has 0 saturated carbocycles. The van der Waals surface area contributed by atoms with Crippen molar-refractivity contribution in [1.29, 1.82) is 0 Å². The van der Waals surface area contributed by atoms with E-state index in [1.807, 2.05) is 27.2 Å². The lowest BCUT2D eigenvalue weighted by Crippen LogP contribution is -2.45. The van der Waals surface area contributed by atoms with Crippen molar-refractivity contribution in [2.75, 3.05) is 40.9 Å². The van der Waals surface area contributed by atoms with Crippen LogP contribution in [0.4, 0.5) is 0 Å². The normalized spacial score (nSPS) is 13.5. The molecule has 0 heterocycles. The molecule has 3 unspecified atom stereocenters. The van der Waals surface area contributed by atoms with Gasteiger partial charge in [0.05, 0.1) is 39.9 Å². The van der Waals surface area contributed by atoms with Crippen LogP contribution in [0.2, 0.25) is 0 Å². The number of allylic oxidation sites excluding steroid dienone is 1. The predicted molar refractivity (Wildman–Crippen MR) is 381 cm³/mol. The van der Waals surface area contributed by atoms with Gasteiger partial charge in [0, 0.05) is 6.42 Å². The molecule has 0 aromatic carbocycles. The lowest BCUT2D eigenvalue weighted by atomic mass is 10.0. The Morgan fingerprint density at radius 2 is 0.621 bits per heavy atom. The van der Waals surface area contributed by atoms with Crippen LogP contribution in [0, 0.1) is 0 Å². The first kappa shape index (κ1) is 86.2. The average molecular weight is 1250 g/mol. The number of aliphatic hydroxyl groups is 1. The standard InChI is InChI=1S/C78H157N2O6P/c1-6-8-10-12-14-16-18-20-22-24-26-28-30-32-34-35-36-37-38-39-40-41-42-43-44-46-48-50-52-54-56-58-60-62-64-66-68-70-72-78(82)79-76(75-86-87(83,84)85-74-73-80(3,4)5)77(81)71-69-67-65-63-61-59-57-55-53-51-49-47-45-33-31-29-27-25-23-21-19-17-15-13-11-9-7-2/h69,71,76-77,81H,6-68,70,72-75H2,1-5H3,(H-,79,82,83,84)/b71-69+. The Bertz CT molecular complexity index is 1420. The molecule has 0 radical (unpaired) electrons. The van der Waals surface area contributed by atoms with Crippen molar-refractivity contribution in [1.82, 2.24) is 5.32 Å². The largest absolute Gasteiger partial charge is 0.756 e. The third-order valence-electron chi connectivity index (χ3n) is 18.7. The van der Waals surface area contributed by atoms with Gasteiger partial charge in [0.1, 0.15) is 13.2 Å². The highest BCUT2D eigenvalue weighted by atomic mass is 31.2. The predicted octanol–water partition coefficient (Wildman–Crippen LogP) is 25.0. The van der Waals surface area contributed by atoms with Crippen LogP contribution in [0.15, 0.2) is 12.2 Å². The molecule has 0 bridgehead atoms. The van der Waals surface area contributed by atoms with Crippen molar-refractivity contribution in [2.45, 2.75) is 443 Å². The fourth-order valence-electron chi connectivity index (χ4n) is 12.6. The molecule has 87 heavy (non-hydrogen) atoms. The van der Waals surface area contributed by atoms with Gasteiger partial charge in [-0.15, -0.1) is 0 Å². The van der Waals surface area contributed by atoms with Gasteiger partial charge in [-0.3, -0.25) is 9.36 Å². The Kier molecular flexibility index (Phi) is 69.0. The molecule has 1 amide bonds. The minimum atomic E-state index is -4.60. The first-order valence-corrected chi connectivity index (χ1v) is 41.0. The summed E-state index contributed by atoms with van der Waals surface area (Å²) in [5, 5.41) is 14.0. The number of phosphoric ester groups is 1. The van der Waals surface area contributed by atoms with Crippen LogP contribution in [-0.2, 0) is 18.4 Å². The molecule has 2 N–H and O–H groups in total. The highest BCUT2D eigenvalue weighted by Crippen LogP contribution is 2.38. The Morgan fingerprint density at radius 1 is 0.391 bits per heavy atom.